The number of nitrogens with two attached hydrogens (primary N) is 1. The topological polar surface area (TPSA) is 64.2 Å². The fourth-order valence-electron chi connectivity index (χ4n) is 1.39. The lowest BCUT2D eigenvalue weighted by atomic mass is 10.1. The molecule has 0 bridgehead atoms. The number of amides is 1. The predicted octanol–water partition coefficient (Wildman–Crippen LogP) is 0.116. The number of aromatic nitrogens is 2. The Kier molecular flexibility index (Phi) is 3.14. The van der Waals surface area contributed by atoms with Crippen molar-refractivity contribution in [3.63, 3.8) is 0 Å². The minimum Gasteiger partial charge on any atom is -0.340 e. The highest BCUT2D eigenvalue weighted by atomic mass is 16.2. The first-order valence-corrected chi connectivity index (χ1v) is 4.82. The monoisotopic (exact) mass is 210 g/mol. The van der Waals surface area contributed by atoms with E-state index in [1.165, 1.54) is 0 Å². The van der Waals surface area contributed by atoms with Crippen LogP contribution in [0.4, 0.5) is 0 Å². The van der Waals surface area contributed by atoms with Gasteiger partial charge in [0, 0.05) is 32.4 Å². The number of nitrogens with zero attached hydrogens (tertiary/aromatic N) is 3. The Morgan fingerprint density at radius 3 is 2.67 bits per heavy atom. The van der Waals surface area contributed by atoms with Crippen molar-refractivity contribution in [1.82, 2.24) is 14.7 Å². The molecule has 1 aromatic heterocycles. The summed E-state index contributed by atoms with van der Waals surface area (Å²) in [6.07, 6.45) is 3.63. The Labute approximate surface area is 89.9 Å². The van der Waals surface area contributed by atoms with Gasteiger partial charge in [-0.15, -0.1) is 0 Å². The average Bonchev–Trinajstić information content (AvgIpc) is 2.48. The number of carbonyl (C=O) groups excluding carboxylic acids is 1. The molecule has 5 heteroatoms. The van der Waals surface area contributed by atoms with Gasteiger partial charge in [-0.05, 0) is 13.8 Å². The molecule has 0 aromatic carbocycles. The van der Waals surface area contributed by atoms with E-state index in [9.17, 15) is 4.79 Å². The van der Waals surface area contributed by atoms with Crippen molar-refractivity contribution in [2.24, 2.45) is 12.8 Å². The van der Waals surface area contributed by atoms with Crippen molar-refractivity contribution in [3.05, 3.63) is 18.0 Å². The molecule has 0 spiro atoms. The number of hydrogen-bond donors (Lipinski definition) is 1. The van der Waals surface area contributed by atoms with Crippen LogP contribution in [0.5, 0.6) is 0 Å². The molecular formula is C10H18N4O. The number of carbonyl (C=O) groups is 1. The number of aryl methyl sites for hydroxylation is 1. The van der Waals surface area contributed by atoms with Crippen molar-refractivity contribution < 1.29 is 4.79 Å². The Morgan fingerprint density at radius 2 is 2.27 bits per heavy atom. The zero-order chi connectivity index (χ0) is 11.6. The van der Waals surface area contributed by atoms with Gasteiger partial charge in [-0.25, -0.2) is 0 Å². The molecule has 5 nitrogen and oxygen atoms in total. The maximum absolute atomic E-state index is 11.7. The first-order chi connectivity index (χ1) is 6.80. The van der Waals surface area contributed by atoms with Gasteiger partial charge >= 0.3 is 0 Å². The summed E-state index contributed by atoms with van der Waals surface area (Å²) in [6.45, 7) is 3.94. The second kappa shape index (κ2) is 4.02. The summed E-state index contributed by atoms with van der Waals surface area (Å²) >= 11 is 0. The van der Waals surface area contributed by atoms with Crippen molar-refractivity contribution >= 4 is 5.91 Å². The molecule has 0 unspecified atom stereocenters. The third-order valence-corrected chi connectivity index (χ3v) is 2.08. The standard InChI is InChI=1S/C10H18N4O/c1-10(2,11)9(15)13(3)6-8-5-12-14(4)7-8/h5,7H,6,11H2,1-4H3. The SMILES string of the molecule is CN(Cc1cnn(C)c1)C(=O)C(C)(C)N. The Morgan fingerprint density at radius 1 is 1.67 bits per heavy atom. The van der Waals surface area contributed by atoms with Gasteiger partial charge in [-0.2, -0.15) is 5.10 Å². The van der Waals surface area contributed by atoms with Gasteiger partial charge in [0.2, 0.25) is 5.91 Å². The van der Waals surface area contributed by atoms with Crippen LogP contribution < -0.4 is 5.73 Å². The Bertz CT molecular complexity index is 351. The zero-order valence-electron chi connectivity index (χ0n) is 9.69. The molecule has 1 amide bonds. The first kappa shape index (κ1) is 11.7. The van der Waals surface area contributed by atoms with Crippen molar-refractivity contribution in [2.75, 3.05) is 7.05 Å². The molecule has 1 heterocycles. The lowest BCUT2D eigenvalue weighted by Gasteiger charge is -2.25. The van der Waals surface area contributed by atoms with Crippen LogP contribution in [0.25, 0.3) is 0 Å². The van der Waals surface area contributed by atoms with Gasteiger partial charge in [0.1, 0.15) is 0 Å². The second-order valence-corrected chi connectivity index (χ2v) is 4.41. The maximum Gasteiger partial charge on any atom is 0.242 e. The fourth-order valence-corrected chi connectivity index (χ4v) is 1.39. The van der Waals surface area contributed by atoms with Gasteiger partial charge in [0.05, 0.1) is 11.7 Å². The third kappa shape index (κ3) is 3.06. The minimum atomic E-state index is -0.822. The minimum absolute atomic E-state index is 0.0775. The summed E-state index contributed by atoms with van der Waals surface area (Å²) in [6, 6.07) is 0. The van der Waals surface area contributed by atoms with Gasteiger partial charge in [-0.3, -0.25) is 9.48 Å². The van der Waals surface area contributed by atoms with E-state index in [-0.39, 0.29) is 5.91 Å². The van der Waals surface area contributed by atoms with Crippen molar-refractivity contribution in [2.45, 2.75) is 25.9 Å². The Balaban J connectivity index is 2.64. The molecule has 1 rings (SSSR count). The summed E-state index contributed by atoms with van der Waals surface area (Å²) in [5.74, 6) is -0.0775. The second-order valence-electron chi connectivity index (χ2n) is 4.41. The zero-order valence-corrected chi connectivity index (χ0v) is 9.69. The normalized spacial score (nSPS) is 11.5. The highest BCUT2D eigenvalue weighted by Gasteiger charge is 2.25. The van der Waals surface area contributed by atoms with E-state index in [0.29, 0.717) is 6.54 Å². The van der Waals surface area contributed by atoms with Gasteiger partial charge in [-0.1, -0.05) is 0 Å². The highest BCUT2D eigenvalue weighted by molar-refractivity contribution is 5.84. The predicted molar refractivity (Wildman–Crippen MR) is 57.9 cm³/mol. The first-order valence-electron chi connectivity index (χ1n) is 4.82. The number of rotatable bonds is 3. The van der Waals surface area contributed by atoms with E-state index in [1.807, 2.05) is 13.2 Å². The summed E-state index contributed by atoms with van der Waals surface area (Å²) in [7, 11) is 3.59. The van der Waals surface area contributed by atoms with Crippen LogP contribution in [-0.2, 0) is 18.4 Å². The molecule has 0 aliphatic carbocycles. The average molecular weight is 210 g/mol. The molecule has 15 heavy (non-hydrogen) atoms. The summed E-state index contributed by atoms with van der Waals surface area (Å²) in [4.78, 5) is 13.4. The van der Waals surface area contributed by atoms with Crippen LogP contribution in [0.15, 0.2) is 12.4 Å². The van der Waals surface area contributed by atoms with E-state index < -0.39 is 5.54 Å². The van der Waals surface area contributed by atoms with Crippen LogP contribution >= 0.6 is 0 Å². The molecule has 0 saturated carbocycles. The smallest absolute Gasteiger partial charge is 0.242 e. The van der Waals surface area contributed by atoms with E-state index in [4.69, 9.17) is 5.73 Å². The highest BCUT2D eigenvalue weighted by Crippen LogP contribution is 2.07. The fraction of sp³-hybridized carbons (Fsp3) is 0.600. The van der Waals surface area contributed by atoms with Crippen LogP contribution in [0.1, 0.15) is 19.4 Å². The van der Waals surface area contributed by atoms with E-state index in [2.05, 4.69) is 5.10 Å². The summed E-state index contributed by atoms with van der Waals surface area (Å²) in [5, 5.41) is 4.04. The van der Waals surface area contributed by atoms with Gasteiger partial charge < -0.3 is 10.6 Å². The number of likely N-dealkylation sites (N-methyl/N-ethyl adjacent to an activating group) is 1. The van der Waals surface area contributed by atoms with E-state index in [0.717, 1.165) is 5.56 Å². The lowest BCUT2D eigenvalue weighted by Crippen LogP contribution is -2.49. The molecule has 0 atom stereocenters. The van der Waals surface area contributed by atoms with E-state index in [1.54, 1.807) is 36.7 Å². The van der Waals surface area contributed by atoms with Crippen LogP contribution in [-0.4, -0.2) is 33.2 Å². The summed E-state index contributed by atoms with van der Waals surface area (Å²) in [5.41, 5.74) is 5.90. The lowest BCUT2D eigenvalue weighted by molar-refractivity contribution is -0.134. The molecular weight excluding hydrogens is 192 g/mol. The maximum atomic E-state index is 11.7. The third-order valence-electron chi connectivity index (χ3n) is 2.08. The molecule has 0 radical (unpaired) electrons. The van der Waals surface area contributed by atoms with Gasteiger partial charge in [0.15, 0.2) is 0 Å². The molecule has 0 aliphatic rings. The molecule has 0 fully saturated rings. The quantitative estimate of drug-likeness (QED) is 0.770. The largest absolute Gasteiger partial charge is 0.340 e. The van der Waals surface area contributed by atoms with E-state index >= 15 is 0 Å². The number of hydrogen-bond acceptors (Lipinski definition) is 3. The van der Waals surface area contributed by atoms with Crippen molar-refractivity contribution in [1.29, 1.82) is 0 Å². The molecule has 0 aliphatic heterocycles. The van der Waals surface area contributed by atoms with Crippen LogP contribution in [0.2, 0.25) is 0 Å². The molecule has 2 N–H and O–H groups in total. The van der Waals surface area contributed by atoms with Crippen LogP contribution in [0, 0.1) is 0 Å². The molecule has 84 valence electrons. The Hall–Kier alpha value is -1.36. The molecule has 1 aromatic rings. The molecule has 0 saturated heterocycles. The van der Waals surface area contributed by atoms with Crippen LogP contribution in [0.3, 0.4) is 0 Å². The van der Waals surface area contributed by atoms with Crippen molar-refractivity contribution in [3.8, 4) is 0 Å². The van der Waals surface area contributed by atoms with Gasteiger partial charge in [0.25, 0.3) is 0 Å². The summed E-state index contributed by atoms with van der Waals surface area (Å²) < 4.78 is 1.71.